The molecule has 1 aromatic heterocycles. The first-order valence-electron chi connectivity index (χ1n) is 5.20. The molecule has 3 N–H and O–H groups in total. The molecule has 0 aliphatic heterocycles. The van der Waals surface area contributed by atoms with Crippen molar-refractivity contribution in [2.75, 3.05) is 5.73 Å². The SMILES string of the molecule is Cc1ccc(O)cc1/C=C/c1cnc(N)cn1. The second kappa shape index (κ2) is 4.65. The van der Waals surface area contributed by atoms with E-state index in [4.69, 9.17) is 5.73 Å². The second-order valence-electron chi connectivity index (χ2n) is 3.74. The van der Waals surface area contributed by atoms with Crippen LogP contribution < -0.4 is 5.73 Å². The lowest BCUT2D eigenvalue weighted by Gasteiger charge is -2.00. The Morgan fingerprint density at radius 2 is 2.00 bits per heavy atom. The summed E-state index contributed by atoms with van der Waals surface area (Å²) in [5.41, 5.74) is 8.20. The molecule has 0 aliphatic rings. The van der Waals surface area contributed by atoms with Gasteiger partial charge in [0.15, 0.2) is 0 Å². The van der Waals surface area contributed by atoms with E-state index in [1.54, 1.807) is 18.3 Å². The number of nitrogen functional groups attached to an aromatic ring is 1. The molecule has 0 saturated heterocycles. The Morgan fingerprint density at radius 1 is 1.18 bits per heavy atom. The highest BCUT2D eigenvalue weighted by Gasteiger charge is 1.96. The summed E-state index contributed by atoms with van der Waals surface area (Å²) >= 11 is 0. The van der Waals surface area contributed by atoms with Crippen molar-refractivity contribution in [2.45, 2.75) is 6.92 Å². The van der Waals surface area contributed by atoms with Crippen molar-refractivity contribution in [1.82, 2.24) is 9.97 Å². The lowest BCUT2D eigenvalue weighted by molar-refractivity contribution is 0.475. The van der Waals surface area contributed by atoms with E-state index in [0.29, 0.717) is 5.82 Å². The maximum absolute atomic E-state index is 9.39. The lowest BCUT2D eigenvalue weighted by Crippen LogP contribution is -1.91. The van der Waals surface area contributed by atoms with E-state index in [1.807, 2.05) is 25.1 Å². The third-order valence-electron chi connectivity index (χ3n) is 2.39. The average Bonchev–Trinajstić information content (AvgIpc) is 2.32. The molecule has 4 nitrogen and oxygen atoms in total. The van der Waals surface area contributed by atoms with Crippen molar-refractivity contribution in [2.24, 2.45) is 0 Å². The molecule has 0 radical (unpaired) electrons. The largest absolute Gasteiger partial charge is 0.508 e. The van der Waals surface area contributed by atoms with Gasteiger partial charge in [-0.2, -0.15) is 0 Å². The van der Waals surface area contributed by atoms with Crippen molar-refractivity contribution >= 4 is 18.0 Å². The molecule has 86 valence electrons. The molecule has 0 aliphatic carbocycles. The average molecular weight is 227 g/mol. The van der Waals surface area contributed by atoms with Gasteiger partial charge < -0.3 is 10.8 Å². The monoisotopic (exact) mass is 227 g/mol. The van der Waals surface area contributed by atoms with Crippen LogP contribution in [-0.4, -0.2) is 15.1 Å². The van der Waals surface area contributed by atoms with Crippen molar-refractivity contribution < 1.29 is 5.11 Å². The Labute approximate surface area is 99.5 Å². The van der Waals surface area contributed by atoms with Crippen LogP contribution in [0.25, 0.3) is 12.2 Å². The number of aryl methyl sites for hydroxylation is 1. The zero-order chi connectivity index (χ0) is 12.3. The van der Waals surface area contributed by atoms with Gasteiger partial charge in [0.05, 0.1) is 18.1 Å². The maximum atomic E-state index is 9.39. The molecule has 4 heteroatoms. The topological polar surface area (TPSA) is 72.0 Å². The van der Waals surface area contributed by atoms with Gasteiger partial charge in [0.25, 0.3) is 0 Å². The molecule has 2 aromatic rings. The van der Waals surface area contributed by atoms with Crippen molar-refractivity contribution in [3.63, 3.8) is 0 Å². The molecule has 17 heavy (non-hydrogen) atoms. The van der Waals surface area contributed by atoms with E-state index in [-0.39, 0.29) is 5.75 Å². The quantitative estimate of drug-likeness (QED) is 0.825. The molecule has 0 spiro atoms. The van der Waals surface area contributed by atoms with Gasteiger partial charge in [-0.3, -0.25) is 4.98 Å². The van der Waals surface area contributed by atoms with Gasteiger partial charge >= 0.3 is 0 Å². The molecule has 1 heterocycles. The van der Waals surface area contributed by atoms with Crippen LogP contribution in [0.3, 0.4) is 0 Å². The first-order valence-corrected chi connectivity index (χ1v) is 5.20. The highest BCUT2D eigenvalue weighted by Crippen LogP contribution is 2.18. The third kappa shape index (κ3) is 2.81. The summed E-state index contributed by atoms with van der Waals surface area (Å²) in [7, 11) is 0. The number of phenols is 1. The molecule has 0 atom stereocenters. The number of benzene rings is 1. The summed E-state index contributed by atoms with van der Waals surface area (Å²) in [6.07, 6.45) is 6.82. The van der Waals surface area contributed by atoms with Gasteiger partial charge in [-0.25, -0.2) is 4.98 Å². The first kappa shape index (κ1) is 11.1. The second-order valence-corrected chi connectivity index (χ2v) is 3.74. The molecule has 0 saturated carbocycles. The van der Waals surface area contributed by atoms with Gasteiger partial charge in [-0.15, -0.1) is 0 Å². The van der Waals surface area contributed by atoms with Crippen LogP contribution in [0.2, 0.25) is 0 Å². The van der Waals surface area contributed by atoms with E-state index < -0.39 is 0 Å². The summed E-state index contributed by atoms with van der Waals surface area (Å²) in [5, 5.41) is 9.39. The smallest absolute Gasteiger partial charge is 0.141 e. The number of rotatable bonds is 2. The third-order valence-corrected chi connectivity index (χ3v) is 2.39. The molecule has 2 rings (SSSR count). The summed E-state index contributed by atoms with van der Waals surface area (Å²) in [6.45, 7) is 1.98. The molecule has 1 aromatic carbocycles. The molecular formula is C13H13N3O. The zero-order valence-corrected chi connectivity index (χ0v) is 9.46. The summed E-state index contributed by atoms with van der Waals surface area (Å²) in [5.74, 6) is 0.648. The number of aromatic nitrogens is 2. The lowest BCUT2D eigenvalue weighted by atomic mass is 10.1. The minimum absolute atomic E-state index is 0.249. The highest BCUT2D eigenvalue weighted by atomic mass is 16.3. The van der Waals surface area contributed by atoms with Gasteiger partial charge in [0.2, 0.25) is 0 Å². The number of nitrogens with zero attached hydrogens (tertiary/aromatic N) is 2. The van der Waals surface area contributed by atoms with Gasteiger partial charge in [0, 0.05) is 0 Å². The summed E-state index contributed by atoms with van der Waals surface area (Å²) < 4.78 is 0. The van der Waals surface area contributed by atoms with E-state index in [0.717, 1.165) is 16.8 Å². The fourth-order valence-corrected chi connectivity index (χ4v) is 1.42. The molecule has 0 unspecified atom stereocenters. The van der Waals surface area contributed by atoms with Gasteiger partial charge in [-0.05, 0) is 36.3 Å². The number of nitrogens with two attached hydrogens (primary N) is 1. The standard InChI is InChI=1S/C13H13N3O/c1-9-2-5-12(17)6-10(9)3-4-11-7-16-13(14)8-15-11/h2-8,17H,1H3,(H2,14,16)/b4-3+. The molecule has 0 bridgehead atoms. The van der Waals surface area contributed by atoms with Crippen LogP contribution in [0.1, 0.15) is 16.8 Å². The maximum Gasteiger partial charge on any atom is 0.141 e. The van der Waals surface area contributed by atoms with Crippen LogP contribution in [-0.2, 0) is 0 Å². The number of anilines is 1. The minimum atomic E-state index is 0.249. The van der Waals surface area contributed by atoms with E-state index in [9.17, 15) is 5.11 Å². The molecule has 0 amide bonds. The molecular weight excluding hydrogens is 214 g/mol. The summed E-state index contributed by atoms with van der Waals surface area (Å²) in [4.78, 5) is 8.05. The Hall–Kier alpha value is -2.36. The fraction of sp³-hybridized carbons (Fsp3) is 0.0769. The van der Waals surface area contributed by atoms with Gasteiger partial charge in [-0.1, -0.05) is 12.1 Å². The van der Waals surface area contributed by atoms with Crippen LogP contribution in [0.15, 0.2) is 30.6 Å². The Balaban J connectivity index is 2.25. The molecule has 0 fully saturated rings. The van der Waals surface area contributed by atoms with Crippen molar-refractivity contribution in [1.29, 1.82) is 0 Å². The Morgan fingerprint density at radius 3 is 2.71 bits per heavy atom. The Bertz CT molecular complexity index is 547. The predicted molar refractivity (Wildman–Crippen MR) is 68.2 cm³/mol. The van der Waals surface area contributed by atoms with Gasteiger partial charge in [0.1, 0.15) is 11.6 Å². The minimum Gasteiger partial charge on any atom is -0.508 e. The first-order chi connectivity index (χ1) is 8.15. The van der Waals surface area contributed by atoms with Crippen molar-refractivity contribution in [3.05, 3.63) is 47.4 Å². The highest BCUT2D eigenvalue weighted by molar-refractivity contribution is 5.70. The Kier molecular flexibility index (Phi) is 3.05. The predicted octanol–water partition coefficient (Wildman–Crippen LogP) is 2.24. The zero-order valence-electron chi connectivity index (χ0n) is 9.46. The normalized spacial score (nSPS) is 10.9. The number of phenolic OH excluding ortho intramolecular Hbond substituents is 1. The van der Waals surface area contributed by atoms with Crippen molar-refractivity contribution in [3.8, 4) is 5.75 Å². The van der Waals surface area contributed by atoms with E-state index >= 15 is 0 Å². The van der Waals surface area contributed by atoms with E-state index in [1.165, 1.54) is 6.20 Å². The van der Waals surface area contributed by atoms with Crippen LogP contribution in [0, 0.1) is 6.92 Å². The number of hydrogen-bond donors (Lipinski definition) is 2. The number of hydrogen-bond acceptors (Lipinski definition) is 4. The van der Waals surface area contributed by atoms with E-state index in [2.05, 4.69) is 9.97 Å². The summed E-state index contributed by atoms with van der Waals surface area (Å²) in [6, 6.07) is 5.23. The van der Waals surface area contributed by atoms with Crippen LogP contribution in [0.4, 0.5) is 5.82 Å². The fourth-order valence-electron chi connectivity index (χ4n) is 1.42. The van der Waals surface area contributed by atoms with Crippen LogP contribution >= 0.6 is 0 Å². The number of aromatic hydroxyl groups is 1. The van der Waals surface area contributed by atoms with Crippen LogP contribution in [0.5, 0.6) is 5.75 Å².